The summed E-state index contributed by atoms with van der Waals surface area (Å²) < 4.78 is 27.9. The minimum Gasteiger partial charge on any atom is -0.341 e. The van der Waals surface area contributed by atoms with E-state index < -0.39 is 15.3 Å². The van der Waals surface area contributed by atoms with Gasteiger partial charge in [0.1, 0.15) is 0 Å². The summed E-state index contributed by atoms with van der Waals surface area (Å²) in [6, 6.07) is 0. The van der Waals surface area contributed by atoms with Crippen LogP contribution in [-0.2, 0) is 14.8 Å². The molecule has 158 valence electrons. The first-order valence-electron chi connectivity index (χ1n) is 10.5. The molecular formula is C19H36ClN3O3S. The number of nitrogens with one attached hydrogen (secondary N) is 1. The number of likely N-dealkylation sites (tertiary alicyclic amines) is 1. The van der Waals surface area contributed by atoms with Crippen molar-refractivity contribution in [1.82, 2.24) is 14.5 Å². The van der Waals surface area contributed by atoms with Gasteiger partial charge in [0.25, 0.3) is 0 Å². The van der Waals surface area contributed by atoms with Gasteiger partial charge in [0, 0.05) is 32.1 Å². The summed E-state index contributed by atoms with van der Waals surface area (Å²) in [6.45, 7) is 6.43. The third-order valence-electron chi connectivity index (χ3n) is 6.43. The molecule has 6 nitrogen and oxygen atoms in total. The Morgan fingerprint density at radius 1 is 1.00 bits per heavy atom. The standard InChI is InChI=1S/C19H35N3O3S.ClH/c1-2-20-14-16-9-12-22(13-10-16)26(24,25)18-8-5-11-21(15-18)19(23)17-6-3-4-7-17;/h16-18,20H,2-15H2,1H3;1H. The highest BCUT2D eigenvalue weighted by molar-refractivity contribution is 7.89. The van der Waals surface area contributed by atoms with Crippen LogP contribution in [0.3, 0.4) is 0 Å². The number of nitrogens with zero attached hydrogens (tertiary/aromatic N) is 2. The fourth-order valence-corrected chi connectivity index (χ4v) is 6.71. The number of sulfonamides is 1. The largest absolute Gasteiger partial charge is 0.341 e. The van der Waals surface area contributed by atoms with Crippen LogP contribution in [0.1, 0.15) is 58.3 Å². The molecule has 2 saturated heterocycles. The molecule has 2 aliphatic heterocycles. The topological polar surface area (TPSA) is 69.7 Å². The normalized spacial score (nSPS) is 26.1. The average molecular weight is 422 g/mol. The zero-order chi connectivity index (χ0) is 18.6. The summed E-state index contributed by atoms with van der Waals surface area (Å²) in [5.74, 6) is 0.915. The van der Waals surface area contributed by atoms with Gasteiger partial charge in [0.2, 0.25) is 15.9 Å². The number of hydrogen-bond acceptors (Lipinski definition) is 4. The first-order chi connectivity index (χ1) is 12.5. The number of carbonyl (C=O) groups is 1. The molecule has 2 heterocycles. The van der Waals surface area contributed by atoms with Gasteiger partial charge < -0.3 is 10.2 Å². The molecule has 0 radical (unpaired) electrons. The van der Waals surface area contributed by atoms with Crippen LogP contribution < -0.4 is 5.32 Å². The third kappa shape index (κ3) is 5.58. The van der Waals surface area contributed by atoms with Crippen molar-refractivity contribution in [3.8, 4) is 0 Å². The van der Waals surface area contributed by atoms with Gasteiger partial charge in [-0.1, -0.05) is 19.8 Å². The van der Waals surface area contributed by atoms with Gasteiger partial charge in [-0.2, -0.15) is 0 Å². The van der Waals surface area contributed by atoms with E-state index in [1.54, 1.807) is 4.31 Å². The fourth-order valence-electron chi connectivity index (χ4n) is 4.74. The Labute approximate surface area is 170 Å². The molecule has 0 aromatic rings. The summed E-state index contributed by atoms with van der Waals surface area (Å²) in [5, 5.41) is 2.96. The lowest BCUT2D eigenvalue weighted by Crippen LogP contribution is -2.52. The van der Waals surface area contributed by atoms with Crippen molar-refractivity contribution >= 4 is 28.3 Å². The number of carbonyl (C=O) groups excluding carboxylic acids is 1. The molecular weight excluding hydrogens is 386 g/mol. The van der Waals surface area contributed by atoms with Crippen LogP contribution in [0.2, 0.25) is 0 Å². The molecule has 3 fully saturated rings. The second-order valence-corrected chi connectivity index (χ2v) is 10.4. The van der Waals surface area contributed by atoms with Crippen LogP contribution in [0, 0.1) is 11.8 Å². The Morgan fingerprint density at radius 2 is 1.67 bits per heavy atom. The van der Waals surface area contributed by atoms with E-state index in [0.29, 0.717) is 32.0 Å². The summed E-state index contributed by atoms with van der Waals surface area (Å²) in [7, 11) is -3.30. The van der Waals surface area contributed by atoms with Gasteiger partial charge in [0.05, 0.1) is 5.25 Å². The fraction of sp³-hybridized carbons (Fsp3) is 0.947. The molecule has 1 saturated carbocycles. The zero-order valence-corrected chi connectivity index (χ0v) is 18.2. The average Bonchev–Trinajstić information content (AvgIpc) is 3.21. The Hall–Kier alpha value is -0.370. The van der Waals surface area contributed by atoms with E-state index in [4.69, 9.17) is 0 Å². The lowest BCUT2D eigenvalue weighted by atomic mass is 9.98. The molecule has 0 aromatic heterocycles. The van der Waals surface area contributed by atoms with Gasteiger partial charge in [-0.05, 0) is 57.5 Å². The lowest BCUT2D eigenvalue weighted by Gasteiger charge is -2.38. The van der Waals surface area contributed by atoms with Crippen molar-refractivity contribution in [2.24, 2.45) is 11.8 Å². The Balaban J connectivity index is 0.00000261. The third-order valence-corrected chi connectivity index (χ3v) is 8.74. The molecule has 1 aliphatic carbocycles. The Kier molecular flexibility index (Phi) is 8.84. The van der Waals surface area contributed by atoms with Crippen molar-refractivity contribution in [3.63, 3.8) is 0 Å². The molecule has 0 bridgehead atoms. The van der Waals surface area contributed by atoms with Gasteiger partial charge in [-0.25, -0.2) is 12.7 Å². The minimum atomic E-state index is -3.30. The van der Waals surface area contributed by atoms with Crippen LogP contribution >= 0.6 is 12.4 Å². The van der Waals surface area contributed by atoms with Crippen molar-refractivity contribution < 1.29 is 13.2 Å². The van der Waals surface area contributed by atoms with Crippen molar-refractivity contribution in [2.75, 3.05) is 39.3 Å². The molecule has 1 N–H and O–H groups in total. The molecule has 1 unspecified atom stereocenters. The molecule has 3 aliphatic rings. The van der Waals surface area contributed by atoms with Gasteiger partial charge in [-0.15, -0.1) is 12.4 Å². The van der Waals surface area contributed by atoms with Gasteiger partial charge >= 0.3 is 0 Å². The number of hydrogen-bond donors (Lipinski definition) is 1. The second kappa shape index (κ2) is 10.4. The molecule has 1 amide bonds. The molecule has 27 heavy (non-hydrogen) atoms. The van der Waals surface area contributed by atoms with E-state index in [1.165, 1.54) is 0 Å². The van der Waals surface area contributed by atoms with Crippen LogP contribution in [0.15, 0.2) is 0 Å². The molecule has 8 heteroatoms. The summed E-state index contributed by atoms with van der Waals surface area (Å²) >= 11 is 0. The van der Waals surface area contributed by atoms with Crippen LogP contribution in [0.4, 0.5) is 0 Å². The van der Waals surface area contributed by atoms with E-state index in [2.05, 4.69) is 12.2 Å². The van der Waals surface area contributed by atoms with Crippen molar-refractivity contribution in [2.45, 2.75) is 63.5 Å². The number of amides is 1. The highest BCUT2D eigenvalue weighted by Gasteiger charge is 2.39. The monoisotopic (exact) mass is 421 g/mol. The van der Waals surface area contributed by atoms with Gasteiger partial charge in [0.15, 0.2) is 0 Å². The summed E-state index contributed by atoms with van der Waals surface area (Å²) in [6.07, 6.45) is 7.58. The van der Waals surface area contributed by atoms with E-state index in [1.807, 2.05) is 4.90 Å². The highest BCUT2D eigenvalue weighted by Crippen LogP contribution is 2.30. The minimum absolute atomic E-state index is 0. The number of piperidine rings is 2. The maximum Gasteiger partial charge on any atom is 0.225 e. The molecule has 0 spiro atoms. The van der Waals surface area contributed by atoms with Crippen molar-refractivity contribution in [3.05, 3.63) is 0 Å². The van der Waals surface area contributed by atoms with E-state index in [-0.39, 0.29) is 24.2 Å². The van der Waals surface area contributed by atoms with Crippen LogP contribution in [0.5, 0.6) is 0 Å². The maximum atomic E-state index is 13.1. The summed E-state index contributed by atoms with van der Waals surface area (Å²) in [4.78, 5) is 14.5. The smallest absolute Gasteiger partial charge is 0.225 e. The predicted octanol–water partition coefficient (Wildman–Crippen LogP) is 2.24. The van der Waals surface area contributed by atoms with Crippen LogP contribution in [0.25, 0.3) is 0 Å². The van der Waals surface area contributed by atoms with E-state index in [9.17, 15) is 13.2 Å². The molecule has 0 aromatic carbocycles. The van der Waals surface area contributed by atoms with Crippen molar-refractivity contribution in [1.29, 1.82) is 0 Å². The Morgan fingerprint density at radius 3 is 2.30 bits per heavy atom. The SMILES string of the molecule is CCNCC1CCN(S(=O)(=O)C2CCCN(C(=O)C3CCCC3)C2)CC1.Cl. The zero-order valence-electron chi connectivity index (χ0n) is 16.6. The van der Waals surface area contributed by atoms with E-state index in [0.717, 1.165) is 64.6 Å². The van der Waals surface area contributed by atoms with Crippen LogP contribution in [-0.4, -0.2) is 68.0 Å². The first-order valence-corrected chi connectivity index (χ1v) is 12.0. The van der Waals surface area contributed by atoms with E-state index >= 15 is 0 Å². The lowest BCUT2D eigenvalue weighted by molar-refractivity contribution is -0.136. The second-order valence-electron chi connectivity index (χ2n) is 8.22. The molecule has 1 atom stereocenters. The first kappa shape index (κ1) is 22.9. The number of halogens is 1. The quantitative estimate of drug-likeness (QED) is 0.714. The summed E-state index contributed by atoms with van der Waals surface area (Å²) in [5.41, 5.74) is 0. The van der Waals surface area contributed by atoms with Gasteiger partial charge in [-0.3, -0.25) is 4.79 Å². The predicted molar refractivity (Wildman–Crippen MR) is 111 cm³/mol. The Bertz CT molecular complexity index is 573. The number of rotatable bonds is 6. The maximum absolute atomic E-state index is 13.1. The molecule has 3 rings (SSSR count). The highest BCUT2D eigenvalue weighted by atomic mass is 35.5.